The van der Waals surface area contributed by atoms with Crippen molar-refractivity contribution in [3.8, 4) is 0 Å². The minimum atomic E-state index is -0.195. The Morgan fingerprint density at radius 3 is 2.54 bits per heavy atom. The number of amides is 1. The van der Waals surface area contributed by atoms with Gasteiger partial charge in [0.25, 0.3) is 5.91 Å². The van der Waals surface area contributed by atoms with Gasteiger partial charge in [0.15, 0.2) is 11.6 Å². The van der Waals surface area contributed by atoms with Crippen molar-refractivity contribution in [1.29, 1.82) is 0 Å². The van der Waals surface area contributed by atoms with E-state index in [-0.39, 0.29) is 5.91 Å². The van der Waals surface area contributed by atoms with Crippen LogP contribution in [0.1, 0.15) is 60.2 Å². The molecule has 0 atom stereocenters. The van der Waals surface area contributed by atoms with Gasteiger partial charge in [0.1, 0.15) is 11.4 Å². The number of nitrogens with one attached hydrogen (secondary N) is 1. The number of rotatable bonds is 6. The fraction of sp³-hybridized carbons (Fsp3) is 0.619. The minimum Gasteiger partial charge on any atom is -0.456 e. The molecule has 2 saturated heterocycles. The molecule has 2 aromatic rings. The number of furan rings is 1. The zero-order valence-corrected chi connectivity index (χ0v) is 17.3. The molecular formula is C21H31N5O2. The van der Waals surface area contributed by atoms with Crippen molar-refractivity contribution in [1.82, 2.24) is 14.7 Å². The van der Waals surface area contributed by atoms with E-state index in [1.807, 2.05) is 24.7 Å². The number of aryl methyl sites for hydroxylation is 2. The van der Waals surface area contributed by atoms with Gasteiger partial charge < -0.3 is 14.6 Å². The highest BCUT2D eigenvalue weighted by atomic mass is 16.4. The molecule has 1 N–H and O–H groups in total. The fourth-order valence-electron chi connectivity index (χ4n) is 4.26. The third-order valence-corrected chi connectivity index (χ3v) is 5.99. The van der Waals surface area contributed by atoms with E-state index in [0.717, 1.165) is 67.7 Å². The van der Waals surface area contributed by atoms with Crippen molar-refractivity contribution in [2.75, 3.05) is 36.4 Å². The average Bonchev–Trinajstić information content (AvgIpc) is 3.47. The van der Waals surface area contributed by atoms with Crippen molar-refractivity contribution < 1.29 is 9.21 Å². The summed E-state index contributed by atoms with van der Waals surface area (Å²) in [5.41, 5.74) is 2.89. The van der Waals surface area contributed by atoms with Gasteiger partial charge >= 0.3 is 0 Å². The zero-order chi connectivity index (χ0) is 19.7. The molecule has 152 valence electrons. The fourth-order valence-corrected chi connectivity index (χ4v) is 4.26. The minimum absolute atomic E-state index is 0.195. The summed E-state index contributed by atoms with van der Waals surface area (Å²) >= 11 is 0. The molecule has 1 amide bonds. The van der Waals surface area contributed by atoms with E-state index >= 15 is 0 Å². The Morgan fingerprint density at radius 1 is 1.18 bits per heavy atom. The molecule has 4 rings (SSSR count). The number of hydrogen-bond donors (Lipinski definition) is 1. The van der Waals surface area contributed by atoms with Crippen LogP contribution in [0, 0.1) is 6.92 Å². The summed E-state index contributed by atoms with van der Waals surface area (Å²) < 4.78 is 7.78. The molecular weight excluding hydrogens is 354 g/mol. The summed E-state index contributed by atoms with van der Waals surface area (Å²) in [4.78, 5) is 17.7. The summed E-state index contributed by atoms with van der Waals surface area (Å²) in [5, 5.41) is 7.72. The van der Waals surface area contributed by atoms with Gasteiger partial charge in [-0.2, -0.15) is 5.10 Å². The molecule has 2 aromatic heterocycles. The molecule has 0 aromatic carbocycles. The van der Waals surface area contributed by atoms with Crippen molar-refractivity contribution in [3.63, 3.8) is 0 Å². The van der Waals surface area contributed by atoms with Crippen LogP contribution in [-0.4, -0.2) is 46.8 Å². The lowest BCUT2D eigenvalue weighted by Gasteiger charge is -2.16. The van der Waals surface area contributed by atoms with E-state index in [2.05, 4.69) is 27.1 Å². The third kappa shape index (κ3) is 3.68. The van der Waals surface area contributed by atoms with Gasteiger partial charge in [-0.05, 0) is 51.8 Å². The number of hydrogen-bond acceptors (Lipinski definition) is 5. The van der Waals surface area contributed by atoms with Crippen LogP contribution in [0.5, 0.6) is 0 Å². The average molecular weight is 386 g/mol. The Hall–Kier alpha value is -2.28. The van der Waals surface area contributed by atoms with E-state index in [1.54, 1.807) is 0 Å². The topological polar surface area (TPSA) is 66.5 Å². The summed E-state index contributed by atoms with van der Waals surface area (Å²) in [7, 11) is 1.92. The first-order valence-corrected chi connectivity index (χ1v) is 10.5. The first-order chi connectivity index (χ1) is 13.6. The van der Waals surface area contributed by atoms with E-state index < -0.39 is 0 Å². The number of carbonyl (C=O) groups is 1. The molecule has 28 heavy (non-hydrogen) atoms. The summed E-state index contributed by atoms with van der Waals surface area (Å²) in [6.07, 6.45) is 5.64. The number of carbonyl (C=O) groups excluding carboxylic acids is 1. The third-order valence-electron chi connectivity index (χ3n) is 5.99. The maximum absolute atomic E-state index is 13.0. The largest absolute Gasteiger partial charge is 0.456 e. The Bertz CT molecular complexity index is 841. The van der Waals surface area contributed by atoms with Gasteiger partial charge in [0.05, 0.1) is 5.69 Å². The van der Waals surface area contributed by atoms with Gasteiger partial charge in [-0.1, -0.05) is 6.92 Å². The molecule has 0 aliphatic carbocycles. The maximum atomic E-state index is 13.0. The number of aromatic nitrogens is 2. The first-order valence-electron chi connectivity index (χ1n) is 10.5. The quantitative estimate of drug-likeness (QED) is 0.826. The van der Waals surface area contributed by atoms with E-state index in [0.29, 0.717) is 5.76 Å². The second kappa shape index (κ2) is 7.99. The van der Waals surface area contributed by atoms with Crippen LogP contribution in [0.25, 0.3) is 0 Å². The van der Waals surface area contributed by atoms with Gasteiger partial charge in [-0.25, -0.2) is 0 Å². The predicted octanol–water partition coefficient (Wildman–Crippen LogP) is 3.33. The van der Waals surface area contributed by atoms with Crippen LogP contribution in [0.4, 0.5) is 11.5 Å². The molecule has 7 nitrogen and oxygen atoms in total. The Labute approximate surface area is 166 Å². The van der Waals surface area contributed by atoms with Gasteiger partial charge in [0, 0.05) is 38.7 Å². The van der Waals surface area contributed by atoms with E-state index in [9.17, 15) is 4.79 Å². The Kier molecular flexibility index (Phi) is 5.44. The molecule has 4 heterocycles. The monoisotopic (exact) mass is 385 g/mol. The smallest absolute Gasteiger partial charge is 0.291 e. The number of nitrogens with zero attached hydrogens (tertiary/aromatic N) is 4. The molecule has 0 saturated carbocycles. The van der Waals surface area contributed by atoms with Crippen molar-refractivity contribution in [2.24, 2.45) is 7.05 Å². The lowest BCUT2D eigenvalue weighted by atomic mass is 10.2. The second-order valence-corrected chi connectivity index (χ2v) is 7.95. The lowest BCUT2D eigenvalue weighted by Crippen LogP contribution is -2.21. The van der Waals surface area contributed by atoms with Gasteiger partial charge in [-0.15, -0.1) is 0 Å². The molecule has 2 aliphatic heterocycles. The molecule has 2 fully saturated rings. The van der Waals surface area contributed by atoms with E-state index in [1.165, 1.54) is 25.7 Å². The molecule has 0 bridgehead atoms. The first kappa shape index (κ1) is 19.1. The predicted molar refractivity (Wildman–Crippen MR) is 110 cm³/mol. The van der Waals surface area contributed by atoms with Crippen LogP contribution >= 0.6 is 0 Å². The standard InChI is InChI=1S/C21H31N5O2/c1-4-17-16(14-25-9-5-6-10-25)13-18(28-17)21(27)22-19-15(2)24(3)23-20(19)26-11-7-8-12-26/h13H,4-12,14H2,1-3H3,(H,22,27). The number of likely N-dealkylation sites (tertiary alicyclic amines) is 1. The SMILES string of the molecule is CCc1oc(C(=O)Nc2c(N3CCCC3)nn(C)c2C)cc1CN1CCCC1. The zero-order valence-electron chi connectivity index (χ0n) is 17.3. The van der Waals surface area contributed by atoms with Crippen LogP contribution in [0.15, 0.2) is 10.5 Å². The van der Waals surface area contributed by atoms with Crippen molar-refractivity contribution >= 4 is 17.4 Å². The van der Waals surface area contributed by atoms with Gasteiger partial charge in [-0.3, -0.25) is 14.4 Å². The van der Waals surface area contributed by atoms with Crippen molar-refractivity contribution in [2.45, 2.75) is 52.5 Å². The van der Waals surface area contributed by atoms with E-state index in [4.69, 9.17) is 4.42 Å². The van der Waals surface area contributed by atoms with Crippen LogP contribution in [0.3, 0.4) is 0 Å². The lowest BCUT2D eigenvalue weighted by molar-refractivity contribution is 0.0995. The Balaban J connectivity index is 1.54. The Morgan fingerprint density at radius 2 is 1.86 bits per heavy atom. The highest BCUT2D eigenvalue weighted by Crippen LogP contribution is 2.31. The van der Waals surface area contributed by atoms with Crippen molar-refractivity contribution in [3.05, 3.63) is 28.8 Å². The summed E-state index contributed by atoms with van der Waals surface area (Å²) in [6, 6.07) is 1.92. The second-order valence-electron chi connectivity index (χ2n) is 7.95. The van der Waals surface area contributed by atoms with Crippen LogP contribution < -0.4 is 10.2 Å². The summed E-state index contributed by atoms with van der Waals surface area (Å²) in [5.74, 6) is 1.98. The highest BCUT2D eigenvalue weighted by Gasteiger charge is 2.25. The number of anilines is 2. The summed E-state index contributed by atoms with van der Waals surface area (Å²) in [6.45, 7) is 9.16. The normalized spacial score (nSPS) is 17.6. The molecule has 0 spiro atoms. The molecule has 2 aliphatic rings. The molecule has 0 unspecified atom stereocenters. The highest BCUT2D eigenvalue weighted by molar-refractivity contribution is 6.04. The van der Waals surface area contributed by atoms with Crippen LogP contribution in [-0.2, 0) is 20.0 Å². The maximum Gasteiger partial charge on any atom is 0.291 e. The molecule has 7 heteroatoms. The van der Waals surface area contributed by atoms with Gasteiger partial charge in [0.2, 0.25) is 0 Å². The van der Waals surface area contributed by atoms with Crippen LogP contribution in [0.2, 0.25) is 0 Å². The molecule has 0 radical (unpaired) electrons.